The van der Waals surface area contributed by atoms with Gasteiger partial charge in [-0.25, -0.2) is 0 Å². The fourth-order valence-corrected chi connectivity index (χ4v) is 1.45. The Labute approximate surface area is 103 Å². The van der Waals surface area contributed by atoms with Crippen molar-refractivity contribution < 1.29 is 0 Å². The van der Waals surface area contributed by atoms with Gasteiger partial charge in [0.25, 0.3) is 0 Å². The minimum Gasteiger partial charge on any atom is -0.341 e. The number of hydrogen-bond donors (Lipinski definition) is 0. The van der Waals surface area contributed by atoms with E-state index in [0.29, 0.717) is 0 Å². The van der Waals surface area contributed by atoms with Crippen LogP contribution in [0.3, 0.4) is 0 Å². The molecule has 2 radical (unpaired) electrons. The molecule has 0 aliphatic carbocycles. The normalized spacial score (nSPS) is 21.5. The summed E-state index contributed by atoms with van der Waals surface area (Å²) in [5, 5.41) is -0.0243. The van der Waals surface area contributed by atoms with Crippen LogP contribution >= 0.6 is 9.24 Å². The zero-order valence-electron chi connectivity index (χ0n) is 11.6. The zero-order valence-corrected chi connectivity index (χ0v) is 12.8. The van der Waals surface area contributed by atoms with Gasteiger partial charge in [-0.15, -0.1) is 9.24 Å². The lowest BCUT2D eigenvalue weighted by molar-refractivity contribution is 0.119. The Morgan fingerprint density at radius 2 is 1.31 bits per heavy atom. The summed E-state index contributed by atoms with van der Waals surface area (Å²) in [6.45, 7) is 18.9. The molecule has 1 heterocycles. The molecular weight excluding hydrogens is 215 g/mol. The third-order valence-electron chi connectivity index (χ3n) is 3.32. The van der Waals surface area contributed by atoms with Gasteiger partial charge in [-0.05, 0) is 33.1 Å². The van der Waals surface area contributed by atoms with Crippen molar-refractivity contribution in [1.29, 1.82) is 0 Å². The van der Waals surface area contributed by atoms with Crippen molar-refractivity contribution in [2.75, 3.05) is 0 Å². The number of hydrogen-bond acceptors (Lipinski definition) is 2. The molecule has 2 unspecified atom stereocenters. The van der Waals surface area contributed by atoms with Crippen molar-refractivity contribution >= 4 is 9.24 Å². The van der Waals surface area contributed by atoms with Crippen molar-refractivity contribution in [2.45, 2.75) is 59.3 Å². The quantitative estimate of drug-likeness (QED) is 0.647. The average Bonchev–Trinajstić information content (AvgIpc) is 2.47. The molecular formula is C13H25N2P. The topological polar surface area (TPSA) is 6.48 Å². The summed E-state index contributed by atoms with van der Waals surface area (Å²) < 4.78 is 0. The summed E-state index contributed by atoms with van der Waals surface area (Å²) in [4.78, 5) is 4.28. The monoisotopic (exact) mass is 240 g/mol. The predicted molar refractivity (Wildman–Crippen MR) is 73.4 cm³/mol. The SMILES string of the molecule is CC(C)(C)N1[C]N(C(C)(P)C(C)(C)C)C=C1. The van der Waals surface area contributed by atoms with Gasteiger partial charge < -0.3 is 9.80 Å². The van der Waals surface area contributed by atoms with Gasteiger partial charge >= 0.3 is 0 Å². The molecule has 0 amide bonds. The molecule has 0 aromatic rings. The van der Waals surface area contributed by atoms with Crippen molar-refractivity contribution in [3.05, 3.63) is 19.1 Å². The standard InChI is InChI=1S/C13H25N2P/c1-11(2,3)13(7,16)15-9-8-14(10-15)12(4,5)6/h8-9H,16H2,1-7H3. The number of nitrogens with zero attached hydrogens (tertiary/aromatic N) is 2. The highest BCUT2D eigenvalue weighted by Crippen LogP contribution is 2.44. The first-order valence-corrected chi connectivity index (χ1v) is 6.36. The van der Waals surface area contributed by atoms with Crippen molar-refractivity contribution in [1.82, 2.24) is 9.80 Å². The molecule has 1 rings (SSSR count). The Bertz CT molecular complexity index is 281. The Hall–Kier alpha value is -0.230. The highest BCUT2D eigenvalue weighted by molar-refractivity contribution is 7.18. The molecule has 0 spiro atoms. The lowest BCUT2D eigenvalue weighted by Gasteiger charge is -2.46. The van der Waals surface area contributed by atoms with Gasteiger partial charge in [0.05, 0.1) is 5.28 Å². The summed E-state index contributed by atoms with van der Waals surface area (Å²) >= 11 is 0. The van der Waals surface area contributed by atoms with Crippen LogP contribution < -0.4 is 0 Å². The fraction of sp³-hybridized carbons (Fsp3) is 0.769. The largest absolute Gasteiger partial charge is 0.341 e. The van der Waals surface area contributed by atoms with Crippen molar-refractivity contribution in [2.24, 2.45) is 5.41 Å². The van der Waals surface area contributed by atoms with Gasteiger partial charge in [0.15, 0.2) is 0 Å². The molecule has 2 atom stereocenters. The maximum Gasteiger partial charge on any atom is 0.209 e. The Morgan fingerprint density at radius 3 is 1.62 bits per heavy atom. The molecule has 0 saturated carbocycles. The van der Waals surface area contributed by atoms with Crippen LogP contribution in [0.15, 0.2) is 12.4 Å². The van der Waals surface area contributed by atoms with Crippen LogP contribution in [0.2, 0.25) is 0 Å². The summed E-state index contributed by atoms with van der Waals surface area (Å²) in [5.74, 6) is 0. The maximum atomic E-state index is 3.41. The molecule has 0 bridgehead atoms. The van der Waals surface area contributed by atoms with Crippen LogP contribution in [0.4, 0.5) is 0 Å². The van der Waals surface area contributed by atoms with Crippen LogP contribution in [0.5, 0.6) is 0 Å². The molecule has 92 valence electrons. The second-order valence-electron chi connectivity index (χ2n) is 6.71. The minimum absolute atomic E-state index is 0.0243. The van der Waals surface area contributed by atoms with Gasteiger partial charge in [0, 0.05) is 17.9 Å². The third-order valence-corrected chi connectivity index (χ3v) is 4.47. The van der Waals surface area contributed by atoms with Gasteiger partial charge in [-0.3, -0.25) is 0 Å². The fourth-order valence-electron chi connectivity index (χ4n) is 1.31. The first-order valence-electron chi connectivity index (χ1n) is 5.78. The number of rotatable bonds is 1. The van der Waals surface area contributed by atoms with E-state index < -0.39 is 0 Å². The van der Waals surface area contributed by atoms with Gasteiger partial charge in [0.2, 0.25) is 6.67 Å². The summed E-state index contributed by atoms with van der Waals surface area (Å²) in [5.41, 5.74) is 0.257. The lowest BCUT2D eigenvalue weighted by atomic mass is 9.86. The van der Waals surface area contributed by atoms with E-state index in [1.165, 1.54) is 0 Å². The van der Waals surface area contributed by atoms with E-state index in [-0.39, 0.29) is 16.2 Å². The first kappa shape index (κ1) is 13.8. The molecule has 0 saturated heterocycles. The molecule has 0 fully saturated rings. The molecule has 0 aromatic carbocycles. The van der Waals surface area contributed by atoms with E-state index in [1.54, 1.807) is 0 Å². The Kier molecular flexibility index (Phi) is 3.38. The second-order valence-corrected chi connectivity index (χ2v) is 7.83. The minimum atomic E-state index is -0.0243. The van der Waals surface area contributed by atoms with E-state index >= 15 is 0 Å². The summed E-state index contributed by atoms with van der Waals surface area (Å²) in [6.07, 6.45) is 4.19. The Morgan fingerprint density at radius 1 is 0.875 bits per heavy atom. The highest BCUT2D eigenvalue weighted by Gasteiger charge is 2.41. The smallest absolute Gasteiger partial charge is 0.209 e. The molecule has 1 aliphatic heterocycles. The molecule has 0 aromatic heterocycles. The predicted octanol–water partition coefficient (Wildman–Crippen LogP) is 3.51. The summed E-state index contributed by atoms with van der Waals surface area (Å²) in [7, 11) is 2.95. The zero-order chi connectivity index (χ0) is 12.8. The van der Waals surface area contributed by atoms with Crippen molar-refractivity contribution in [3.8, 4) is 0 Å². The van der Waals surface area contributed by atoms with Crippen LogP contribution in [0.25, 0.3) is 0 Å². The van der Waals surface area contributed by atoms with Gasteiger partial charge in [0.1, 0.15) is 0 Å². The molecule has 2 nitrogen and oxygen atoms in total. The van der Waals surface area contributed by atoms with Crippen molar-refractivity contribution in [3.63, 3.8) is 0 Å². The van der Waals surface area contributed by atoms with Crippen LogP contribution in [0, 0.1) is 12.1 Å². The van der Waals surface area contributed by atoms with E-state index in [4.69, 9.17) is 0 Å². The van der Waals surface area contributed by atoms with E-state index in [1.807, 2.05) is 0 Å². The van der Waals surface area contributed by atoms with Crippen LogP contribution in [-0.4, -0.2) is 20.6 Å². The molecule has 3 heteroatoms. The highest BCUT2D eigenvalue weighted by atomic mass is 31.0. The molecule has 0 N–H and O–H groups in total. The average molecular weight is 240 g/mol. The Balaban J connectivity index is 2.79. The maximum absolute atomic E-state index is 3.41. The van der Waals surface area contributed by atoms with Crippen LogP contribution in [-0.2, 0) is 0 Å². The second kappa shape index (κ2) is 3.91. The summed E-state index contributed by atoms with van der Waals surface area (Å²) in [6, 6.07) is 0. The first-order chi connectivity index (χ1) is 6.96. The van der Waals surface area contributed by atoms with E-state index in [0.717, 1.165) is 0 Å². The molecule has 1 aliphatic rings. The van der Waals surface area contributed by atoms with E-state index in [9.17, 15) is 0 Å². The lowest BCUT2D eigenvalue weighted by Crippen LogP contribution is -2.48. The molecule has 16 heavy (non-hydrogen) atoms. The van der Waals surface area contributed by atoms with Crippen LogP contribution in [0.1, 0.15) is 48.5 Å². The van der Waals surface area contributed by atoms with Gasteiger partial charge in [-0.1, -0.05) is 20.8 Å². The van der Waals surface area contributed by atoms with E-state index in [2.05, 4.69) is 86.6 Å². The third kappa shape index (κ3) is 2.53. The van der Waals surface area contributed by atoms with Gasteiger partial charge in [-0.2, -0.15) is 0 Å².